The van der Waals surface area contributed by atoms with Crippen LogP contribution in [0.25, 0.3) is 5.65 Å². The number of amides is 1. The van der Waals surface area contributed by atoms with Crippen LogP contribution in [-0.2, 0) is 4.79 Å². The molecule has 28 heavy (non-hydrogen) atoms. The highest BCUT2D eigenvalue weighted by Crippen LogP contribution is 2.35. The normalized spacial score (nSPS) is 12.3. The quantitative estimate of drug-likeness (QED) is 0.630. The van der Waals surface area contributed by atoms with Gasteiger partial charge in [0.15, 0.2) is 0 Å². The molecule has 2 heterocycles. The number of nitrogens with zero attached hydrogens (tertiary/aromatic N) is 3. The van der Waals surface area contributed by atoms with E-state index in [1.807, 2.05) is 59.9 Å². The van der Waals surface area contributed by atoms with Crippen LogP contribution < -0.4 is 10.1 Å². The van der Waals surface area contributed by atoms with Crippen LogP contribution >= 0.6 is 11.6 Å². The number of methoxy groups -OCH3 is 1. The Morgan fingerprint density at radius 2 is 2.07 bits per heavy atom. The fourth-order valence-electron chi connectivity index (χ4n) is 3.24. The molecule has 3 aromatic rings. The van der Waals surface area contributed by atoms with Crippen molar-refractivity contribution in [2.24, 2.45) is 0 Å². The van der Waals surface area contributed by atoms with Crippen molar-refractivity contribution < 1.29 is 9.53 Å². The third-order valence-electron chi connectivity index (χ3n) is 4.64. The molecular weight excluding hydrogens is 376 g/mol. The first-order valence-electron chi connectivity index (χ1n) is 9.16. The lowest BCUT2D eigenvalue weighted by Crippen LogP contribution is -2.32. The van der Waals surface area contributed by atoms with E-state index in [2.05, 4.69) is 10.3 Å². The van der Waals surface area contributed by atoms with Gasteiger partial charge >= 0.3 is 0 Å². The summed E-state index contributed by atoms with van der Waals surface area (Å²) in [5.74, 6) is 0.504. The van der Waals surface area contributed by atoms with E-state index in [0.29, 0.717) is 11.6 Å². The van der Waals surface area contributed by atoms with Crippen LogP contribution in [0.3, 0.4) is 0 Å². The molecular formula is C21H25ClN4O2. The number of aromatic nitrogens is 2. The number of halogens is 1. The molecule has 0 bridgehead atoms. The van der Waals surface area contributed by atoms with Crippen LogP contribution in [0.1, 0.15) is 23.6 Å². The number of ether oxygens (including phenoxy) is 1. The van der Waals surface area contributed by atoms with Gasteiger partial charge in [0.05, 0.1) is 17.8 Å². The van der Waals surface area contributed by atoms with Gasteiger partial charge in [0.25, 0.3) is 0 Å². The minimum atomic E-state index is -0.219. The van der Waals surface area contributed by atoms with Gasteiger partial charge in [0.1, 0.15) is 11.4 Å². The highest BCUT2D eigenvalue weighted by Gasteiger charge is 2.24. The monoisotopic (exact) mass is 400 g/mol. The molecule has 3 rings (SSSR count). The SMILES string of the molecule is COc1ccccc1C(CC(=O)NCCN(C)C)c1cnc2ccc(Cl)cn12. The highest BCUT2D eigenvalue weighted by molar-refractivity contribution is 6.30. The molecule has 0 radical (unpaired) electrons. The summed E-state index contributed by atoms with van der Waals surface area (Å²) < 4.78 is 7.50. The molecule has 1 amide bonds. The maximum absolute atomic E-state index is 12.7. The minimum Gasteiger partial charge on any atom is -0.496 e. The third-order valence-corrected chi connectivity index (χ3v) is 4.86. The Bertz CT molecular complexity index is 954. The van der Waals surface area contributed by atoms with Crippen molar-refractivity contribution in [3.8, 4) is 5.75 Å². The summed E-state index contributed by atoms with van der Waals surface area (Å²) in [4.78, 5) is 19.2. The number of fused-ring (bicyclic) bond motifs is 1. The zero-order valence-corrected chi connectivity index (χ0v) is 17.1. The van der Waals surface area contributed by atoms with Crippen LogP contribution in [0.5, 0.6) is 5.75 Å². The Hall–Kier alpha value is -2.57. The molecule has 0 aliphatic heterocycles. The van der Waals surface area contributed by atoms with E-state index in [-0.39, 0.29) is 18.2 Å². The standard InChI is InChI=1S/C21H25ClN4O2/c1-25(2)11-10-23-21(27)12-17(16-6-4-5-7-19(16)28-3)18-13-24-20-9-8-15(22)14-26(18)20/h4-9,13-14,17H,10-12H2,1-3H3,(H,23,27). The second kappa shape index (κ2) is 9.08. The average molecular weight is 401 g/mol. The van der Waals surface area contributed by atoms with Gasteiger partial charge in [-0.2, -0.15) is 0 Å². The zero-order valence-electron chi connectivity index (χ0n) is 16.4. The number of carbonyl (C=O) groups is 1. The zero-order chi connectivity index (χ0) is 20.1. The van der Waals surface area contributed by atoms with E-state index in [1.54, 1.807) is 19.4 Å². The van der Waals surface area contributed by atoms with Crippen LogP contribution in [0.2, 0.25) is 5.02 Å². The second-order valence-electron chi connectivity index (χ2n) is 6.91. The molecule has 148 valence electrons. The molecule has 1 unspecified atom stereocenters. The second-order valence-corrected chi connectivity index (χ2v) is 7.35. The molecule has 1 aromatic carbocycles. The summed E-state index contributed by atoms with van der Waals surface area (Å²) >= 11 is 6.20. The Balaban J connectivity index is 1.97. The number of para-hydroxylation sites is 1. The first-order valence-corrected chi connectivity index (χ1v) is 9.54. The summed E-state index contributed by atoms with van der Waals surface area (Å²) in [6.45, 7) is 1.39. The van der Waals surface area contributed by atoms with Crippen molar-refractivity contribution >= 4 is 23.2 Å². The van der Waals surface area contributed by atoms with Crippen molar-refractivity contribution in [2.75, 3.05) is 34.3 Å². The smallest absolute Gasteiger partial charge is 0.221 e. The molecule has 2 aromatic heterocycles. The number of carbonyl (C=O) groups excluding carboxylic acids is 1. The maximum Gasteiger partial charge on any atom is 0.221 e. The molecule has 0 fully saturated rings. The number of imidazole rings is 1. The van der Waals surface area contributed by atoms with Crippen LogP contribution in [0.4, 0.5) is 0 Å². The number of hydrogen-bond donors (Lipinski definition) is 1. The van der Waals surface area contributed by atoms with E-state index in [4.69, 9.17) is 16.3 Å². The summed E-state index contributed by atoms with van der Waals surface area (Å²) in [6.07, 6.45) is 3.91. The number of nitrogens with one attached hydrogen (secondary N) is 1. The summed E-state index contributed by atoms with van der Waals surface area (Å²) in [6, 6.07) is 11.4. The van der Waals surface area contributed by atoms with Gasteiger partial charge in [-0.15, -0.1) is 0 Å². The fraction of sp³-hybridized carbons (Fsp3) is 0.333. The lowest BCUT2D eigenvalue weighted by Gasteiger charge is -2.20. The first-order chi connectivity index (χ1) is 13.5. The van der Waals surface area contributed by atoms with Gasteiger partial charge in [0.2, 0.25) is 5.91 Å². The minimum absolute atomic E-state index is 0.0188. The largest absolute Gasteiger partial charge is 0.496 e. The Morgan fingerprint density at radius 1 is 1.29 bits per heavy atom. The number of hydrogen-bond acceptors (Lipinski definition) is 4. The van der Waals surface area contributed by atoms with E-state index >= 15 is 0 Å². The summed E-state index contributed by atoms with van der Waals surface area (Å²) in [7, 11) is 5.59. The van der Waals surface area contributed by atoms with Gasteiger partial charge in [-0.3, -0.25) is 4.79 Å². The van der Waals surface area contributed by atoms with Crippen molar-refractivity contribution in [1.29, 1.82) is 0 Å². The number of pyridine rings is 1. The van der Waals surface area contributed by atoms with Gasteiger partial charge in [-0.1, -0.05) is 29.8 Å². The van der Waals surface area contributed by atoms with Crippen LogP contribution in [0.15, 0.2) is 48.8 Å². The Labute approximate surface area is 170 Å². The van der Waals surface area contributed by atoms with E-state index < -0.39 is 0 Å². The van der Waals surface area contributed by atoms with E-state index in [1.165, 1.54) is 0 Å². The van der Waals surface area contributed by atoms with Crippen LogP contribution in [0, 0.1) is 0 Å². The molecule has 0 aliphatic rings. The molecule has 1 N–H and O–H groups in total. The molecule has 0 spiro atoms. The molecule has 0 aliphatic carbocycles. The summed E-state index contributed by atoms with van der Waals surface area (Å²) in [5, 5.41) is 3.61. The fourth-order valence-corrected chi connectivity index (χ4v) is 3.40. The lowest BCUT2D eigenvalue weighted by atomic mass is 9.91. The molecule has 0 saturated heterocycles. The van der Waals surface area contributed by atoms with E-state index in [0.717, 1.165) is 29.2 Å². The average Bonchev–Trinajstić information content (AvgIpc) is 3.08. The lowest BCUT2D eigenvalue weighted by molar-refractivity contribution is -0.121. The van der Waals surface area contributed by atoms with Crippen molar-refractivity contribution in [3.05, 3.63) is 65.1 Å². The van der Waals surface area contributed by atoms with Crippen LogP contribution in [-0.4, -0.2) is 54.5 Å². The van der Waals surface area contributed by atoms with Crippen molar-refractivity contribution in [3.63, 3.8) is 0 Å². The van der Waals surface area contributed by atoms with Gasteiger partial charge in [-0.25, -0.2) is 4.98 Å². The van der Waals surface area contributed by atoms with Crippen molar-refractivity contribution in [2.45, 2.75) is 12.3 Å². The number of benzene rings is 1. The van der Waals surface area contributed by atoms with Gasteiger partial charge in [0, 0.05) is 43.4 Å². The number of rotatable bonds is 8. The topological polar surface area (TPSA) is 58.9 Å². The Morgan fingerprint density at radius 3 is 2.82 bits per heavy atom. The maximum atomic E-state index is 12.7. The predicted molar refractivity (Wildman–Crippen MR) is 111 cm³/mol. The highest BCUT2D eigenvalue weighted by atomic mass is 35.5. The van der Waals surface area contributed by atoms with Crippen molar-refractivity contribution in [1.82, 2.24) is 19.6 Å². The Kier molecular flexibility index (Phi) is 6.54. The van der Waals surface area contributed by atoms with Gasteiger partial charge in [-0.05, 0) is 32.3 Å². The predicted octanol–water partition coefficient (Wildman–Crippen LogP) is 3.20. The third kappa shape index (κ3) is 4.64. The van der Waals surface area contributed by atoms with Gasteiger partial charge < -0.3 is 19.4 Å². The molecule has 1 atom stereocenters. The molecule has 7 heteroatoms. The number of likely N-dealkylation sites (N-methyl/N-ethyl adjacent to an activating group) is 1. The first kappa shape index (κ1) is 20.2. The summed E-state index contributed by atoms with van der Waals surface area (Å²) in [5.41, 5.74) is 2.62. The molecule has 6 nitrogen and oxygen atoms in total. The van der Waals surface area contributed by atoms with E-state index in [9.17, 15) is 4.79 Å². The molecule has 0 saturated carbocycles.